The van der Waals surface area contributed by atoms with Crippen LogP contribution in [-0.4, -0.2) is 11.5 Å². The topological polar surface area (TPSA) is 0 Å². The zero-order valence-electron chi connectivity index (χ0n) is 5.94. The highest BCUT2D eigenvalue weighted by atomic mass is 33.8. The zero-order chi connectivity index (χ0) is 7.40. The molecule has 0 aromatic rings. The van der Waals surface area contributed by atoms with Gasteiger partial charge in [0.15, 0.2) is 0 Å². The Morgan fingerprint density at radius 3 is 1.70 bits per heavy atom. The average Bonchev–Trinajstić information content (AvgIpc) is 1.84. The molecule has 1 saturated heterocycles. The Balaban J connectivity index is 1.95. The second-order valence-electron chi connectivity index (χ2n) is 1.45. The van der Waals surface area contributed by atoms with Gasteiger partial charge in [0, 0.05) is 0 Å². The van der Waals surface area contributed by atoms with Gasteiger partial charge in [0.05, 0.1) is 11.1 Å². The van der Waals surface area contributed by atoms with Crippen LogP contribution in [0.1, 0.15) is 13.8 Å². The molecule has 0 nitrogen and oxygen atoms in total. The van der Waals surface area contributed by atoms with Crippen LogP contribution in [0.5, 0.6) is 0 Å². The van der Waals surface area contributed by atoms with E-state index in [-0.39, 0.29) is 0 Å². The first-order valence-corrected chi connectivity index (χ1v) is 13.0. The van der Waals surface area contributed by atoms with Gasteiger partial charge in [-0.3, -0.25) is 0 Å². The molecule has 0 atom stereocenters. The van der Waals surface area contributed by atoms with E-state index in [9.17, 15) is 0 Å². The lowest BCUT2D eigenvalue weighted by molar-refractivity contribution is 1.54. The van der Waals surface area contributed by atoms with E-state index in [1.54, 1.807) is 0 Å². The SMILES string of the molecule is CCSP1SP(SCC)S1. The van der Waals surface area contributed by atoms with Gasteiger partial charge in [-0.2, -0.15) is 0 Å². The summed E-state index contributed by atoms with van der Waals surface area (Å²) in [7, 11) is 0. The molecule has 1 fully saturated rings. The lowest BCUT2D eigenvalue weighted by Crippen LogP contribution is -1.67. The minimum atomic E-state index is 0.309. The van der Waals surface area contributed by atoms with Crippen LogP contribution in [0.3, 0.4) is 0 Å². The summed E-state index contributed by atoms with van der Waals surface area (Å²) >= 11 is 8.77. The predicted molar refractivity (Wildman–Crippen MR) is 65.3 cm³/mol. The highest BCUT2D eigenvalue weighted by Crippen LogP contribution is 3.03. The van der Waals surface area contributed by atoms with E-state index in [1.807, 2.05) is 0 Å². The fourth-order valence-corrected chi connectivity index (χ4v) is 35.9. The zero-order valence-corrected chi connectivity index (χ0v) is 11.0. The molecule has 6 heteroatoms. The summed E-state index contributed by atoms with van der Waals surface area (Å²) in [6, 6.07) is 0. The molecule has 0 bridgehead atoms. The Morgan fingerprint density at radius 1 is 1.00 bits per heavy atom. The van der Waals surface area contributed by atoms with E-state index < -0.39 is 0 Å². The molecule has 0 aromatic heterocycles. The van der Waals surface area contributed by atoms with E-state index in [0.717, 1.165) is 0 Å². The highest BCUT2D eigenvalue weighted by molar-refractivity contribution is 9.54. The van der Waals surface area contributed by atoms with Crippen molar-refractivity contribution >= 4 is 55.8 Å². The van der Waals surface area contributed by atoms with Gasteiger partial charge in [-0.1, -0.05) is 35.9 Å². The summed E-state index contributed by atoms with van der Waals surface area (Å²) in [5.74, 6) is 2.59. The van der Waals surface area contributed by atoms with Crippen LogP contribution in [-0.2, 0) is 0 Å². The molecular weight excluding hydrogens is 238 g/mol. The third kappa shape index (κ3) is 3.33. The van der Waals surface area contributed by atoms with Crippen LogP contribution in [0.2, 0.25) is 0 Å². The Hall–Kier alpha value is 2.26. The third-order valence-corrected chi connectivity index (χ3v) is 29.6. The van der Waals surface area contributed by atoms with Crippen LogP contribution in [0, 0.1) is 0 Å². The van der Waals surface area contributed by atoms with Crippen molar-refractivity contribution in [2.45, 2.75) is 13.8 Å². The van der Waals surface area contributed by atoms with Crippen LogP contribution >= 0.6 is 55.8 Å². The lowest BCUT2D eigenvalue weighted by atomic mass is 11.0. The number of hydrogen-bond donors (Lipinski definition) is 0. The van der Waals surface area contributed by atoms with Crippen LogP contribution < -0.4 is 0 Å². The van der Waals surface area contributed by atoms with E-state index in [2.05, 4.69) is 58.6 Å². The summed E-state index contributed by atoms with van der Waals surface area (Å²) in [5.41, 5.74) is 0.618. The average molecular weight is 248 g/mol. The maximum Gasteiger partial charge on any atom is 0.0848 e. The van der Waals surface area contributed by atoms with Crippen molar-refractivity contribution in [1.82, 2.24) is 0 Å². The fourth-order valence-electron chi connectivity index (χ4n) is 0.420. The predicted octanol–water partition coefficient (Wildman–Crippen LogP) is 5.43. The van der Waals surface area contributed by atoms with Gasteiger partial charge in [-0.15, -0.1) is 22.8 Å². The smallest absolute Gasteiger partial charge is 0.0848 e. The highest BCUT2D eigenvalue weighted by Gasteiger charge is 2.31. The van der Waals surface area contributed by atoms with Gasteiger partial charge in [-0.25, -0.2) is 0 Å². The molecular formula is C4H10P2S4. The number of rotatable bonds is 4. The van der Waals surface area contributed by atoms with E-state index in [0.29, 0.717) is 11.1 Å². The maximum absolute atomic E-state index is 2.25. The first kappa shape index (κ1) is 10.3. The van der Waals surface area contributed by atoms with Gasteiger partial charge in [-0.05, 0) is 11.5 Å². The van der Waals surface area contributed by atoms with Crippen molar-refractivity contribution in [1.29, 1.82) is 0 Å². The van der Waals surface area contributed by atoms with Crippen LogP contribution in [0.15, 0.2) is 0 Å². The summed E-state index contributed by atoms with van der Waals surface area (Å²) in [6.07, 6.45) is 0. The fraction of sp³-hybridized carbons (Fsp3) is 1.00. The second kappa shape index (κ2) is 5.83. The van der Waals surface area contributed by atoms with Crippen LogP contribution in [0.4, 0.5) is 0 Å². The quantitative estimate of drug-likeness (QED) is 0.608. The number of hydrogen-bond acceptors (Lipinski definition) is 4. The Kier molecular flexibility index (Phi) is 6.03. The van der Waals surface area contributed by atoms with Gasteiger partial charge in [0.1, 0.15) is 0 Å². The second-order valence-corrected chi connectivity index (χ2v) is 20.5. The summed E-state index contributed by atoms with van der Waals surface area (Å²) in [5, 5.41) is 0. The van der Waals surface area contributed by atoms with Crippen molar-refractivity contribution in [3.05, 3.63) is 0 Å². The van der Waals surface area contributed by atoms with Crippen molar-refractivity contribution in [3.8, 4) is 0 Å². The molecule has 10 heavy (non-hydrogen) atoms. The first-order valence-electron chi connectivity index (χ1n) is 3.09. The molecule has 0 N–H and O–H groups in total. The van der Waals surface area contributed by atoms with Gasteiger partial charge >= 0.3 is 0 Å². The summed E-state index contributed by atoms with van der Waals surface area (Å²) in [6.45, 7) is 4.50. The molecule has 1 heterocycles. The molecule has 0 aromatic carbocycles. The Bertz CT molecular complexity index is 85.3. The Morgan fingerprint density at radius 2 is 1.40 bits per heavy atom. The molecule has 0 unspecified atom stereocenters. The summed E-state index contributed by atoms with van der Waals surface area (Å²) in [4.78, 5) is 0. The third-order valence-electron chi connectivity index (χ3n) is 0.736. The molecule has 1 rings (SSSR count). The van der Waals surface area contributed by atoms with E-state index in [4.69, 9.17) is 0 Å². The molecule has 60 valence electrons. The van der Waals surface area contributed by atoms with Crippen LogP contribution in [0.25, 0.3) is 0 Å². The van der Waals surface area contributed by atoms with Gasteiger partial charge in [0.25, 0.3) is 0 Å². The molecule has 1 aliphatic rings. The molecule has 0 saturated carbocycles. The van der Waals surface area contributed by atoms with E-state index in [1.165, 1.54) is 11.5 Å². The Labute approximate surface area is 80.8 Å². The molecule has 1 aliphatic heterocycles. The van der Waals surface area contributed by atoms with Crippen molar-refractivity contribution in [3.63, 3.8) is 0 Å². The molecule has 0 radical (unpaired) electrons. The summed E-state index contributed by atoms with van der Waals surface area (Å²) < 4.78 is 0. The molecule has 0 amide bonds. The van der Waals surface area contributed by atoms with Gasteiger partial charge in [0.2, 0.25) is 0 Å². The van der Waals surface area contributed by atoms with Gasteiger partial charge < -0.3 is 0 Å². The van der Waals surface area contributed by atoms with Crippen molar-refractivity contribution in [2.24, 2.45) is 0 Å². The lowest BCUT2D eigenvalue weighted by Gasteiger charge is -2.30. The molecule has 0 aliphatic carbocycles. The molecule has 0 spiro atoms. The normalized spacial score (nSPS) is 31.8. The minimum Gasteiger partial charge on any atom is -0.112 e. The van der Waals surface area contributed by atoms with E-state index >= 15 is 0 Å². The first-order chi connectivity index (χ1) is 4.86. The van der Waals surface area contributed by atoms with Crippen molar-refractivity contribution < 1.29 is 0 Å². The standard InChI is InChI=1S/C4H10P2S4/c1-3-7-5-9-6(10-5)8-4-2/h3-4H2,1-2H3. The maximum atomic E-state index is 2.25. The largest absolute Gasteiger partial charge is 0.112 e. The monoisotopic (exact) mass is 248 g/mol. The minimum absolute atomic E-state index is 0.309. The van der Waals surface area contributed by atoms with Crippen molar-refractivity contribution in [2.75, 3.05) is 11.5 Å².